The summed E-state index contributed by atoms with van der Waals surface area (Å²) in [7, 11) is 0. The molecule has 2 aromatic carbocycles. The number of nitrogens with one attached hydrogen (secondary N) is 2. The van der Waals surface area contributed by atoms with Crippen LogP contribution in [0.25, 0.3) is 16.5 Å². The second kappa shape index (κ2) is 9.30. The van der Waals surface area contributed by atoms with E-state index in [1.54, 1.807) is 30.3 Å². The predicted molar refractivity (Wildman–Crippen MR) is 116 cm³/mol. The molecular weight excluding hydrogens is 387 g/mol. The number of anilines is 1. The van der Waals surface area contributed by atoms with Crippen molar-refractivity contribution < 1.29 is 14.0 Å². The Morgan fingerprint density at radius 1 is 1.07 bits per heavy atom. The Morgan fingerprint density at radius 2 is 1.86 bits per heavy atom. The van der Waals surface area contributed by atoms with Crippen molar-refractivity contribution in [3.63, 3.8) is 0 Å². The molecule has 148 valence electrons. The van der Waals surface area contributed by atoms with Crippen molar-refractivity contribution in [1.82, 2.24) is 5.32 Å². The molecule has 1 unspecified atom stereocenters. The van der Waals surface area contributed by atoms with Gasteiger partial charge >= 0.3 is 0 Å². The highest BCUT2D eigenvalue weighted by Crippen LogP contribution is 2.30. The molecule has 0 aliphatic carbocycles. The molecule has 4 nitrogen and oxygen atoms in total. The fourth-order valence-corrected chi connectivity index (χ4v) is 3.78. The molecule has 0 saturated heterocycles. The summed E-state index contributed by atoms with van der Waals surface area (Å²) in [5, 5.41) is 5.63. The van der Waals surface area contributed by atoms with Crippen molar-refractivity contribution in [2.24, 2.45) is 0 Å². The van der Waals surface area contributed by atoms with Gasteiger partial charge in [0.1, 0.15) is 5.82 Å². The van der Waals surface area contributed by atoms with Crippen LogP contribution < -0.4 is 10.6 Å². The van der Waals surface area contributed by atoms with Gasteiger partial charge in [0.2, 0.25) is 11.8 Å². The minimum atomic E-state index is -0.266. The van der Waals surface area contributed by atoms with Gasteiger partial charge in [0.15, 0.2) is 0 Å². The Morgan fingerprint density at radius 3 is 2.62 bits per heavy atom. The lowest BCUT2D eigenvalue weighted by Crippen LogP contribution is -2.24. The van der Waals surface area contributed by atoms with Gasteiger partial charge in [-0.15, -0.1) is 11.3 Å². The normalized spacial score (nSPS) is 12.0. The molecule has 0 saturated carbocycles. The number of carbonyl (C=O) groups excluding carboxylic acids is 2. The molecule has 0 bridgehead atoms. The van der Waals surface area contributed by atoms with E-state index >= 15 is 0 Å². The smallest absolute Gasteiger partial charge is 0.244 e. The SMILES string of the molecule is CC(=O)Nc1cccc(C(C)NC(=O)/C=C/c2ccc(-c3ccccc3F)s2)c1. The molecule has 0 fully saturated rings. The number of thiophene rings is 1. The molecular formula is C23H21FN2O2S. The molecule has 6 heteroatoms. The number of benzene rings is 2. The fourth-order valence-electron chi connectivity index (χ4n) is 2.84. The van der Waals surface area contributed by atoms with Gasteiger partial charge in [0.05, 0.1) is 6.04 Å². The second-order valence-electron chi connectivity index (χ2n) is 6.55. The maximum Gasteiger partial charge on any atom is 0.244 e. The van der Waals surface area contributed by atoms with Gasteiger partial charge in [-0.2, -0.15) is 0 Å². The van der Waals surface area contributed by atoms with Crippen LogP contribution in [0.4, 0.5) is 10.1 Å². The minimum Gasteiger partial charge on any atom is -0.346 e. The van der Waals surface area contributed by atoms with Crippen LogP contribution in [0.3, 0.4) is 0 Å². The number of rotatable bonds is 6. The van der Waals surface area contributed by atoms with E-state index in [0.29, 0.717) is 11.3 Å². The maximum absolute atomic E-state index is 13.9. The number of halogens is 1. The Bertz CT molecular complexity index is 1060. The van der Waals surface area contributed by atoms with Crippen LogP contribution >= 0.6 is 11.3 Å². The van der Waals surface area contributed by atoms with Crippen LogP contribution in [-0.2, 0) is 9.59 Å². The number of hydrogen-bond donors (Lipinski definition) is 2. The van der Waals surface area contributed by atoms with Crippen LogP contribution in [0, 0.1) is 5.82 Å². The van der Waals surface area contributed by atoms with Crippen molar-refractivity contribution in [2.45, 2.75) is 19.9 Å². The first-order chi connectivity index (χ1) is 13.9. The molecule has 3 aromatic rings. The van der Waals surface area contributed by atoms with Crippen molar-refractivity contribution in [2.75, 3.05) is 5.32 Å². The first-order valence-corrected chi connectivity index (χ1v) is 9.95. The summed E-state index contributed by atoms with van der Waals surface area (Å²) in [6, 6.07) is 17.4. The molecule has 0 aliphatic rings. The van der Waals surface area contributed by atoms with Gasteiger partial charge in [-0.05, 0) is 48.9 Å². The summed E-state index contributed by atoms with van der Waals surface area (Å²) in [5.41, 5.74) is 2.12. The number of amides is 2. The average Bonchev–Trinajstić information content (AvgIpc) is 3.15. The van der Waals surface area contributed by atoms with E-state index in [0.717, 1.165) is 15.3 Å². The highest BCUT2D eigenvalue weighted by molar-refractivity contribution is 7.16. The van der Waals surface area contributed by atoms with Gasteiger partial charge in [-0.1, -0.05) is 30.3 Å². The molecule has 0 aliphatic heterocycles. The standard InChI is InChI=1S/C23H21FN2O2S/c1-15(17-6-5-7-18(14-17)26-16(2)27)25-23(28)13-11-19-10-12-22(29-19)20-8-3-4-9-21(20)24/h3-15H,1-2H3,(H,25,28)(H,26,27)/b13-11+. The van der Waals surface area contributed by atoms with Crippen molar-refractivity contribution in [3.05, 3.63) is 83.0 Å². The summed E-state index contributed by atoms with van der Waals surface area (Å²) in [5.74, 6) is -0.645. The Balaban J connectivity index is 1.63. The first kappa shape index (κ1) is 20.5. The van der Waals surface area contributed by atoms with Gasteiger partial charge < -0.3 is 10.6 Å². The molecule has 2 N–H and O–H groups in total. The van der Waals surface area contributed by atoms with E-state index < -0.39 is 0 Å². The fraction of sp³-hybridized carbons (Fsp3) is 0.130. The van der Waals surface area contributed by atoms with E-state index in [1.165, 1.54) is 30.4 Å². The van der Waals surface area contributed by atoms with E-state index in [9.17, 15) is 14.0 Å². The molecule has 1 aromatic heterocycles. The zero-order chi connectivity index (χ0) is 20.8. The molecule has 0 radical (unpaired) electrons. The first-order valence-electron chi connectivity index (χ1n) is 9.13. The van der Waals surface area contributed by atoms with Crippen LogP contribution in [0.1, 0.15) is 30.3 Å². The molecule has 2 amide bonds. The molecule has 3 rings (SSSR count). The minimum absolute atomic E-state index is 0.146. The van der Waals surface area contributed by atoms with Crippen molar-refractivity contribution in [1.29, 1.82) is 0 Å². The van der Waals surface area contributed by atoms with Crippen LogP contribution in [0.15, 0.2) is 66.7 Å². The lowest BCUT2D eigenvalue weighted by Gasteiger charge is -2.14. The van der Waals surface area contributed by atoms with E-state index in [2.05, 4.69) is 10.6 Å². The third-order valence-corrected chi connectivity index (χ3v) is 5.31. The lowest BCUT2D eigenvalue weighted by molar-refractivity contribution is -0.117. The van der Waals surface area contributed by atoms with Crippen LogP contribution in [0.5, 0.6) is 0 Å². The van der Waals surface area contributed by atoms with Crippen LogP contribution in [0.2, 0.25) is 0 Å². The highest BCUT2D eigenvalue weighted by Gasteiger charge is 2.09. The third kappa shape index (κ3) is 5.62. The summed E-state index contributed by atoms with van der Waals surface area (Å²) in [6.07, 6.45) is 3.18. The highest BCUT2D eigenvalue weighted by atomic mass is 32.1. The van der Waals surface area contributed by atoms with Gasteiger partial charge in [-0.3, -0.25) is 9.59 Å². The summed E-state index contributed by atoms with van der Waals surface area (Å²) < 4.78 is 13.9. The monoisotopic (exact) mass is 408 g/mol. The van der Waals surface area contributed by atoms with Crippen LogP contribution in [-0.4, -0.2) is 11.8 Å². The lowest BCUT2D eigenvalue weighted by atomic mass is 10.1. The van der Waals surface area contributed by atoms with Gasteiger partial charge in [0.25, 0.3) is 0 Å². The Hall–Kier alpha value is -3.25. The quantitative estimate of drug-likeness (QED) is 0.536. The zero-order valence-electron chi connectivity index (χ0n) is 16.1. The zero-order valence-corrected chi connectivity index (χ0v) is 16.9. The third-order valence-electron chi connectivity index (χ3n) is 4.23. The topological polar surface area (TPSA) is 58.2 Å². The summed E-state index contributed by atoms with van der Waals surface area (Å²) in [6.45, 7) is 3.32. The molecule has 0 spiro atoms. The predicted octanol–water partition coefficient (Wildman–Crippen LogP) is 5.40. The molecule has 1 heterocycles. The molecule has 1 atom stereocenters. The van der Waals surface area contributed by atoms with Gasteiger partial charge in [0, 0.05) is 34.0 Å². The van der Waals surface area contributed by atoms with E-state index in [4.69, 9.17) is 0 Å². The second-order valence-corrected chi connectivity index (χ2v) is 7.67. The number of hydrogen-bond acceptors (Lipinski definition) is 3. The van der Waals surface area contributed by atoms with E-state index in [1.807, 2.05) is 37.3 Å². The van der Waals surface area contributed by atoms with Gasteiger partial charge in [-0.25, -0.2) is 4.39 Å². The summed E-state index contributed by atoms with van der Waals surface area (Å²) in [4.78, 5) is 25.1. The number of carbonyl (C=O) groups is 2. The van der Waals surface area contributed by atoms with Crippen molar-refractivity contribution in [3.8, 4) is 10.4 Å². The Kier molecular flexibility index (Phi) is 6.57. The largest absolute Gasteiger partial charge is 0.346 e. The summed E-state index contributed by atoms with van der Waals surface area (Å²) >= 11 is 1.42. The van der Waals surface area contributed by atoms with E-state index in [-0.39, 0.29) is 23.7 Å². The Labute approximate surface area is 173 Å². The molecule has 29 heavy (non-hydrogen) atoms. The van der Waals surface area contributed by atoms with Crippen molar-refractivity contribution >= 4 is 34.9 Å². The maximum atomic E-state index is 13.9. The average molecular weight is 408 g/mol.